The third-order valence-corrected chi connectivity index (χ3v) is 6.74. The topological polar surface area (TPSA) is 9.23 Å². The maximum absolute atomic E-state index is 6.83. The molecule has 2 bridgehead atoms. The van der Waals surface area contributed by atoms with Crippen LogP contribution in [0.4, 0.5) is 0 Å². The van der Waals surface area contributed by atoms with Crippen molar-refractivity contribution in [3.63, 3.8) is 0 Å². The third kappa shape index (κ3) is 1.46. The van der Waals surface area contributed by atoms with E-state index >= 15 is 0 Å². The number of hydrogen-bond donors (Lipinski definition) is 0. The Labute approximate surface area is 119 Å². The number of alkyl halides is 1. The van der Waals surface area contributed by atoms with Gasteiger partial charge >= 0.3 is 0 Å². The van der Waals surface area contributed by atoms with Gasteiger partial charge in [0.2, 0.25) is 0 Å². The van der Waals surface area contributed by atoms with Crippen LogP contribution in [-0.4, -0.2) is 0 Å². The molecule has 5 rings (SSSR count). The second-order valence-electron chi connectivity index (χ2n) is 6.99. The second kappa shape index (κ2) is 3.77. The van der Waals surface area contributed by atoms with Gasteiger partial charge in [-0.1, -0.05) is 18.2 Å². The Kier molecular flexibility index (Phi) is 2.21. The van der Waals surface area contributed by atoms with E-state index in [1.165, 1.54) is 36.0 Å². The summed E-state index contributed by atoms with van der Waals surface area (Å²) in [5, 5.41) is 0.240. The molecule has 3 saturated carbocycles. The first-order chi connectivity index (χ1) is 9.33. The highest BCUT2D eigenvalue weighted by atomic mass is 35.5. The molecule has 1 aromatic rings. The van der Waals surface area contributed by atoms with E-state index in [1.807, 2.05) is 0 Å². The Bertz CT molecular complexity index is 524. The first-order valence-electron chi connectivity index (χ1n) is 7.66. The zero-order valence-electron chi connectivity index (χ0n) is 11.0. The number of hydrogen-bond acceptors (Lipinski definition) is 1. The molecule has 5 unspecified atom stereocenters. The summed E-state index contributed by atoms with van der Waals surface area (Å²) in [4.78, 5) is 0. The monoisotopic (exact) mass is 274 g/mol. The minimum Gasteiger partial charge on any atom is -0.372 e. The molecule has 4 aliphatic rings. The van der Waals surface area contributed by atoms with E-state index in [-0.39, 0.29) is 5.38 Å². The van der Waals surface area contributed by atoms with Gasteiger partial charge < -0.3 is 4.74 Å². The van der Waals surface area contributed by atoms with Gasteiger partial charge in [-0.05, 0) is 65.5 Å². The molecule has 19 heavy (non-hydrogen) atoms. The van der Waals surface area contributed by atoms with Gasteiger partial charge in [0.1, 0.15) is 0 Å². The van der Waals surface area contributed by atoms with Gasteiger partial charge in [-0.2, -0.15) is 0 Å². The van der Waals surface area contributed by atoms with Crippen molar-refractivity contribution in [2.45, 2.75) is 37.9 Å². The Morgan fingerprint density at radius 3 is 2.58 bits per heavy atom. The number of rotatable bonds is 2. The van der Waals surface area contributed by atoms with Crippen molar-refractivity contribution in [3.05, 3.63) is 34.9 Å². The van der Waals surface area contributed by atoms with Crippen molar-refractivity contribution in [2.24, 2.45) is 29.6 Å². The van der Waals surface area contributed by atoms with Gasteiger partial charge in [0, 0.05) is 0 Å². The Morgan fingerprint density at radius 2 is 1.79 bits per heavy atom. The predicted octanol–water partition coefficient (Wildman–Crippen LogP) is 4.29. The molecule has 1 aromatic carbocycles. The van der Waals surface area contributed by atoms with Gasteiger partial charge in [-0.25, -0.2) is 0 Å². The summed E-state index contributed by atoms with van der Waals surface area (Å²) in [5.41, 5.74) is 4.05. The lowest BCUT2D eigenvalue weighted by Gasteiger charge is -2.15. The van der Waals surface area contributed by atoms with Crippen molar-refractivity contribution < 1.29 is 4.74 Å². The van der Waals surface area contributed by atoms with E-state index in [0.29, 0.717) is 0 Å². The summed E-state index contributed by atoms with van der Waals surface area (Å²) in [7, 11) is 0. The van der Waals surface area contributed by atoms with Crippen LogP contribution in [0.5, 0.6) is 0 Å². The lowest BCUT2D eigenvalue weighted by molar-refractivity contribution is 0.134. The standard InChI is InChI=1S/C17H19ClO/c18-17(11-3-4-12-7-19-8-13(12)6-11)16-14-9-1-2-10(5-9)15(14)16/h3-4,6,9-10,14-17H,1-2,5,7-8H2. The molecule has 0 amide bonds. The number of benzene rings is 1. The minimum atomic E-state index is 0.240. The predicted molar refractivity (Wildman–Crippen MR) is 74.8 cm³/mol. The molecule has 100 valence electrons. The first-order valence-corrected chi connectivity index (χ1v) is 8.10. The van der Waals surface area contributed by atoms with Crippen LogP contribution in [0.3, 0.4) is 0 Å². The Morgan fingerprint density at radius 1 is 1.05 bits per heavy atom. The molecule has 0 spiro atoms. The molecule has 1 nitrogen and oxygen atoms in total. The fourth-order valence-corrected chi connectivity index (χ4v) is 5.84. The number of fused-ring (bicyclic) bond motifs is 6. The molecule has 3 fully saturated rings. The molecule has 0 aromatic heterocycles. The summed E-state index contributed by atoms with van der Waals surface area (Å²) >= 11 is 6.83. The van der Waals surface area contributed by atoms with Crippen LogP contribution in [0.1, 0.15) is 41.3 Å². The third-order valence-electron chi connectivity index (χ3n) is 6.20. The molecule has 0 saturated heterocycles. The molecular formula is C17H19ClO. The molecule has 0 N–H and O–H groups in total. The van der Waals surface area contributed by atoms with E-state index in [9.17, 15) is 0 Å². The van der Waals surface area contributed by atoms with Crippen LogP contribution >= 0.6 is 11.6 Å². The molecular weight excluding hydrogens is 256 g/mol. The molecule has 1 aliphatic heterocycles. The van der Waals surface area contributed by atoms with Crippen LogP contribution in [0.2, 0.25) is 0 Å². The Hall–Kier alpha value is -0.530. The van der Waals surface area contributed by atoms with E-state index in [2.05, 4.69) is 18.2 Å². The number of ether oxygens (including phenoxy) is 1. The maximum atomic E-state index is 6.83. The van der Waals surface area contributed by atoms with Gasteiger partial charge in [-0.3, -0.25) is 0 Å². The highest BCUT2D eigenvalue weighted by Crippen LogP contribution is 2.73. The average Bonchev–Trinajstić information content (AvgIpc) is 2.84. The Balaban J connectivity index is 1.42. The van der Waals surface area contributed by atoms with Crippen molar-refractivity contribution in [1.82, 2.24) is 0 Å². The highest BCUT2D eigenvalue weighted by Gasteiger charge is 2.66. The summed E-state index contributed by atoms with van der Waals surface area (Å²) in [6.45, 7) is 1.55. The lowest BCUT2D eigenvalue weighted by atomic mass is 9.95. The van der Waals surface area contributed by atoms with Crippen molar-refractivity contribution >= 4 is 11.6 Å². The maximum Gasteiger partial charge on any atom is 0.0725 e. The van der Waals surface area contributed by atoms with Crippen LogP contribution in [0.15, 0.2) is 18.2 Å². The summed E-state index contributed by atoms with van der Waals surface area (Å²) in [6.07, 6.45) is 4.46. The smallest absolute Gasteiger partial charge is 0.0725 e. The quantitative estimate of drug-likeness (QED) is 0.731. The minimum absolute atomic E-state index is 0.240. The second-order valence-corrected chi connectivity index (χ2v) is 7.46. The van der Waals surface area contributed by atoms with Gasteiger partial charge in [-0.15, -0.1) is 11.6 Å². The molecule has 2 heteroatoms. The zero-order valence-corrected chi connectivity index (χ0v) is 11.8. The lowest BCUT2D eigenvalue weighted by Crippen LogP contribution is -2.04. The molecule has 5 atom stereocenters. The van der Waals surface area contributed by atoms with Gasteiger partial charge in [0.05, 0.1) is 18.6 Å². The zero-order chi connectivity index (χ0) is 12.6. The van der Waals surface area contributed by atoms with Crippen molar-refractivity contribution in [2.75, 3.05) is 0 Å². The van der Waals surface area contributed by atoms with E-state index in [1.54, 1.807) is 0 Å². The number of halogens is 1. The van der Waals surface area contributed by atoms with Gasteiger partial charge in [0.25, 0.3) is 0 Å². The van der Waals surface area contributed by atoms with Crippen LogP contribution in [-0.2, 0) is 18.0 Å². The highest BCUT2D eigenvalue weighted by molar-refractivity contribution is 6.21. The van der Waals surface area contributed by atoms with E-state index in [0.717, 1.165) is 42.8 Å². The normalized spacial score (nSPS) is 43.1. The van der Waals surface area contributed by atoms with Crippen LogP contribution in [0.25, 0.3) is 0 Å². The molecule has 0 radical (unpaired) electrons. The van der Waals surface area contributed by atoms with Crippen LogP contribution in [0, 0.1) is 29.6 Å². The van der Waals surface area contributed by atoms with E-state index < -0.39 is 0 Å². The fraction of sp³-hybridized carbons (Fsp3) is 0.647. The van der Waals surface area contributed by atoms with Crippen molar-refractivity contribution in [3.8, 4) is 0 Å². The summed E-state index contributed by atoms with van der Waals surface area (Å²) in [5.74, 6) is 4.72. The van der Waals surface area contributed by atoms with Crippen molar-refractivity contribution in [1.29, 1.82) is 0 Å². The van der Waals surface area contributed by atoms with Crippen LogP contribution < -0.4 is 0 Å². The largest absolute Gasteiger partial charge is 0.372 e. The van der Waals surface area contributed by atoms with Gasteiger partial charge in [0.15, 0.2) is 0 Å². The fourth-order valence-electron chi connectivity index (χ4n) is 5.37. The molecule has 3 aliphatic carbocycles. The summed E-state index contributed by atoms with van der Waals surface area (Å²) in [6, 6.07) is 6.76. The SMILES string of the molecule is ClC(c1ccc2c(c1)COC2)C1C2C3CCC(C3)C21. The van der Waals surface area contributed by atoms with E-state index in [4.69, 9.17) is 16.3 Å². The molecule has 1 heterocycles. The average molecular weight is 275 g/mol. The first kappa shape index (κ1) is 11.2. The summed E-state index contributed by atoms with van der Waals surface area (Å²) < 4.78 is 5.50.